The molecule has 6 heteroatoms. The molecule has 0 spiro atoms. The smallest absolute Gasteiger partial charge is 0.336 e. The summed E-state index contributed by atoms with van der Waals surface area (Å²) in [6.07, 6.45) is 2.23. The number of dihydropyridines is 1. The zero-order chi connectivity index (χ0) is 18.3. The molecule has 1 unspecified atom stereocenters. The van der Waals surface area contributed by atoms with Crippen LogP contribution in [0.3, 0.4) is 0 Å². The Morgan fingerprint density at radius 3 is 2.81 bits per heavy atom. The molecule has 1 aliphatic carbocycles. The van der Waals surface area contributed by atoms with Crippen LogP contribution >= 0.6 is 22.7 Å². The van der Waals surface area contributed by atoms with Crippen LogP contribution in [0.2, 0.25) is 0 Å². The number of thiophene rings is 2. The summed E-state index contributed by atoms with van der Waals surface area (Å²) in [5.74, 6) is -0.593. The van der Waals surface area contributed by atoms with E-state index in [2.05, 4.69) is 22.8 Å². The van der Waals surface area contributed by atoms with Crippen LogP contribution < -0.4 is 5.32 Å². The Morgan fingerprint density at radius 2 is 2.08 bits per heavy atom. The predicted molar refractivity (Wildman–Crippen MR) is 104 cm³/mol. The van der Waals surface area contributed by atoms with Crippen LogP contribution in [0.1, 0.15) is 37.0 Å². The fourth-order valence-electron chi connectivity index (χ4n) is 3.71. The van der Waals surface area contributed by atoms with E-state index in [9.17, 15) is 9.59 Å². The maximum absolute atomic E-state index is 12.7. The molecule has 26 heavy (non-hydrogen) atoms. The third kappa shape index (κ3) is 2.83. The first-order chi connectivity index (χ1) is 12.6. The molecular weight excluding hydrogens is 366 g/mol. The Kier molecular flexibility index (Phi) is 4.54. The molecule has 2 aromatic heterocycles. The standard InChI is InChI=1S/C20H19NO3S2/c1-11-17(20(23)24-2)19(18-12(21-11)5-3-6-13(18)22)16-9-8-15(26-16)14-7-4-10-25-14/h4,7-10,19,21H,3,5-6H2,1-2H3. The van der Waals surface area contributed by atoms with Crippen molar-refractivity contribution < 1.29 is 14.3 Å². The van der Waals surface area contributed by atoms with Crippen molar-refractivity contribution in [3.05, 3.63) is 57.1 Å². The minimum absolute atomic E-state index is 0.128. The van der Waals surface area contributed by atoms with Crippen molar-refractivity contribution in [3.8, 4) is 9.75 Å². The Bertz CT molecular complexity index is 934. The van der Waals surface area contributed by atoms with Gasteiger partial charge >= 0.3 is 5.97 Å². The molecule has 134 valence electrons. The first-order valence-corrected chi connectivity index (χ1v) is 10.3. The van der Waals surface area contributed by atoms with E-state index < -0.39 is 0 Å². The number of nitrogens with one attached hydrogen (secondary N) is 1. The largest absolute Gasteiger partial charge is 0.466 e. The molecule has 0 radical (unpaired) electrons. The molecule has 4 rings (SSSR count). The van der Waals surface area contributed by atoms with Crippen LogP contribution in [-0.4, -0.2) is 18.9 Å². The van der Waals surface area contributed by atoms with Gasteiger partial charge in [0.05, 0.1) is 18.6 Å². The van der Waals surface area contributed by atoms with Crippen molar-refractivity contribution in [3.63, 3.8) is 0 Å². The summed E-state index contributed by atoms with van der Waals surface area (Å²) in [4.78, 5) is 28.6. The zero-order valence-corrected chi connectivity index (χ0v) is 16.3. The number of esters is 1. The van der Waals surface area contributed by atoms with E-state index in [0.29, 0.717) is 12.0 Å². The number of rotatable bonds is 3. The highest BCUT2D eigenvalue weighted by Crippen LogP contribution is 2.46. The van der Waals surface area contributed by atoms with Crippen LogP contribution in [0.15, 0.2) is 52.2 Å². The highest BCUT2D eigenvalue weighted by Gasteiger charge is 2.39. The average Bonchev–Trinajstić information content (AvgIpc) is 3.31. The lowest BCUT2D eigenvalue weighted by Gasteiger charge is -2.33. The molecule has 0 fully saturated rings. The molecule has 0 aromatic carbocycles. The summed E-state index contributed by atoms with van der Waals surface area (Å²) in [5.41, 5.74) is 3.02. The lowest BCUT2D eigenvalue weighted by Crippen LogP contribution is -2.33. The number of allylic oxidation sites excluding steroid dienone is 3. The van der Waals surface area contributed by atoms with E-state index in [-0.39, 0.29) is 17.7 Å². The van der Waals surface area contributed by atoms with Crippen molar-refractivity contribution in [1.82, 2.24) is 5.32 Å². The molecule has 0 bridgehead atoms. The van der Waals surface area contributed by atoms with Gasteiger partial charge in [-0.15, -0.1) is 22.7 Å². The molecule has 0 saturated carbocycles. The molecule has 1 N–H and O–H groups in total. The van der Waals surface area contributed by atoms with Gasteiger partial charge in [0, 0.05) is 38.0 Å². The fraction of sp³-hybridized carbons (Fsp3) is 0.300. The van der Waals surface area contributed by atoms with E-state index in [1.54, 1.807) is 22.7 Å². The van der Waals surface area contributed by atoms with E-state index >= 15 is 0 Å². The first kappa shape index (κ1) is 17.2. The topological polar surface area (TPSA) is 55.4 Å². The predicted octanol–water partition coefficient (Wildman–Crippen LogP) is 4.62. The average molecular weight is 386 g/mol. The van der Waals surface area contributed by atoms with Gasteiger partial charge in [0.2, 0.25) is 0 Å². The summed E-state index contributed by atoms with van der Waals surface area (Å²) < 4.78 is 5.04. The molecule has 3 heterocycles. The summed E-state index contributed by atoms with van der Waals surface area (Å²) in [6.45, 7) is 1.88. The summed E-state index contributed by atoms with van der Waals surface area (Å²) in [6, 6.07) is 8.23. The van der Waals surface area contributed by atoms with Crippen LogP contribution in [0.5, 0.6) is 0 Å². The minimum Gasteiger partial charge on any atom is -0.466 e. The maximum Gasteiger partial charge on any atom is 0.336 e. The highest BCUT2D eigenvalue weighted by molar-refractivity contribution is 7.21. The maximum atomic E-state index is 12.7. The number of carbonyl (C=O) groups is 2. The lowest BCUT2D eigenvalue weighted by molar-refractivity contribution is -0.136. The molecule has 2 aromatic rings. The van der Waals surface area contributed by atoms with E-state index in [1.165, 1.54) is 12.0 Å². The second-order valence-electron chi connectivity index (χ2n) is 6.44. The Hall–Kier alpha value is -2.18. The molecule has 0 saturated heterocycles. The van der Waals surface area contributed by atoms with Gasteiger partial charge in [-0.2, -0.15) is 0 Å². The van der Waals surface area contributed by atoms with Gasteiger partial charge in [0.1, 0.15) is 0 Å². The van der Waals surface area contributed by atoms with Crippen molar-refractivity contribution in [1.29, 1.82) is 0 Å². The van der Waals surface area contributed by atoms with Crippen molar-refractivity contribution in [2.24, 2.45) is 0 Å². The number of ketones is 1. The van der Waals surface area contributed by atoms with Crippen LogP contribution in [0.4, 0.5) is 0 Å². The van der Waals surface area contributed by atoms with Gasteiger partial charge in [-0.25, -0.2) is 4.79 Å². The van der Waals surface area contributed by atoms with Gasteiger partial charge < -0.3 is 10.1 Å². The number of methoxy groups -OCH3 is 1. The van der Waals surface area contributed by atoms with Gasteiger partial charge in [0.25, 0.3) is 0 Å². The van der Waals surface area contributed by atoms with Crippen LogP contribution in [0, 0.1) is 0 Å². The van der Waals surface area contributed by atoms with Crippen LogP contribution in [-0.2, 0) is 14.3 Å². The van der Waals surface area contributed by atoms with E-state index in [4.69, 9.17) is 4.74 Å². The SMILES string of the molecule is COC(=O)C1=C(C)NC2=C(C(=O)CCC2)C1c1ccc(-c2cccs2)s1. The Labute approximate surface area is 160 Å². The second kappa shape index (κ2) is 6.85. The third-order valence-electron chi connectivity index (χ3n) is 4.86. The summed E-state index contributed by atoms with van der Waals surface area (Å²) in [5, 5.41) is 5.34. The van der Waals surface area contributed by atoms with E-state index in [0.717, 1.165) is 39.6 Å². The van der Waals surface area contributed by atoms with Crippen molar-refractivity contribution in [2.45, 2.75) is 32.1 Å². The lowest BCUT2D eigenvalue weighted by atomic mass is 9.78. The number of hydrogen-bond acceptors (Lipinski definition) is 6. The van der Waals surface area contributed by atoms with Crippen molar-refractivity contribution >= 4 is 34.4 Å². The monoisotopic (exact) mass is 385 g/mol. The normalized spacial score (nSPS) is 20.1. The second-order valence-corrected chi connectivity index (χ2v) is 8.50. The number of Topliss-reactive ketones (excluding diaryl/α,β-unsaturated/α-hetero) is 1. The van der Waals surface area contributed by atoms with Gasteiger partial charge in [-0.3, -0.25) is 4.79 Å². The quantitative estimate of drug-likeness (QED) is 0.784. The molecular formula is C20H19NO3S2. The molecule has 0 amide bonds. The minimum atomic E-state index is -0.379. The van der Waals surface area contributed by atoms with Gasteiger partial charge in [0.15, 0.2) is 5.78 Å². The number of hydrogen-bond donors (Lipinski definition) is 1. The number of carbonyl (C=O) groups excluding carboxylic acids is 2. The van der Waals surface area contributed by atoms with E-state index in [1.807, 2.05) is 19.1 Å². The molecule has 1 atom stereocenters. The van der Waals surface area contributed by atoms with Gasteiger partial charge in [-0.1, -0.05) is 6.07 Å². The summed E-state index contributed by atoms with van der Waals surface area (Å²) in [7, 11) is 1.39. The molecule has 4 nitrogen and oxygen atoms in total. The fourth-order valence-corrected chi connectivity index (χ4v) is 5.67. The number of ether oxygens (including phenoxy) is 1. The summed E-state index contributed by atoms with van der Waals surface area (Å²) >= 11 is 3.33. The first-order valence-electron chi connectivity index (χ1n) is 8.56. The Morgan fingerprint density at radius 1 is 1.23 bits per heavy atom. The molecule has 2 aliphatic rings. The zero-order valence-electron chi connectivity index (χ0n) is 14.6. The van der Waals surface area contributed by atoms with Crippen molar-refractivity contribution in [2.75, 3.05) is 7.11 Å². The molecule has 1 aliphatic heterocycles. The van der Waals surface area contributed by atoms with Gasteiger partial charge in [-0.05, 0) is 43.3 Å². The van der Waals surface area contributed by atoms with Crippen LogP contribution in [0.25, 0.3) is 9.75 Å². The Balaban J connectivity index is 1.85. The highest BCUT2D eigenvalue weighted by atomic mass is 32.1. The third-order valence-corrected chi connectivity index (χ3v) is 7.07.